The van der Waals surface area contributed by atoms with Crippen molar-refractivity contribution in [3.05, 3.63) is 23.8 Å². The largest absolute Gasteiger partial charge is 0.389 e. The number of allylic oxidation sites excluding steroid dienone is 1. The molecule has 0 bridgehead atoms. The highest BCUT2D eigenvalue weighted by Gasteiger charge is 2.47. The van der Waals surface area contributed by atoms with E-state index in [1.807, 2.05) is 13.8 Å². The number of hydrogen-bond acceptors (Lipinski definition) is 3. The molecule has 2 rings (SSSR count). The van der Waals surface area contributed by atoms with Gasteiger partial charge in [-0.3, -0.25) is 4.79 Å². The minimum atomic E-state index is -0.635. The predicted octanol–water partition coefficient (Wildman–Crippen LogP) is 0.820. The number of fused-ring (bicyclic) bond motifs is 1. The molecule has 3 nitrogen and oxygen atoms in total. The lowest BCUT2D eigenvalue weighted by Gasteiger charge is -2.45. The number of aliphatic hydroxyl groups is 2. The Balaban J connectivity index is 2.54. The highest BCUT2D eigenvalue weighted by Crippen LogP contribution is 2.47. The van der Waals surface area contributed by atoms with E-state index in [1.165, 1.54) is 6.08 Å². The zero-order chi connectivity index (χ0) is 11.2. The number of carbonyl (C=O) groups excluding carboxylic acids is 1. The molecule has 0 unspecified atom stereocenters. The third-order valence-corrected chi connectivity index (χ3v) is 3.87. The first-order valence-corrected chi connectivity index (χ1v) is 5.27. The fraction of sp³-hybridized carbons (Fsp3) is 0.583. The fourth-order valence-corrected chi connectivity index (χ4v) is 2.58. The average Bonchev–Trinajstić information content (AvgIpc) is 2.17. The molecule has 0 aromatic heterocycles. The second-order valence-electron chi connectivity index (χ2n) is 4.74. The van der Waals surface area contributed by atoms with Gasteiger partial charge in [-0.25, -0.2) is 0 Å². The minimum Gasteiger partial charge on any atom is -0.389 e. The second kappa shape index (κ2) is 3.29. The summed E-state index contributed by atoms with van der Waals surface area (Å²) in [7, 11) is 0. The van der Waals surface area contributed by atoms with Gasteiger partial charge in [-0.2, -0.15) is 0 Å². The van der Waals surface area contributed by atoms with Gasteiger partial charge in [0.25, 0.3) is 0 Å². The molecule has 0 heterocycles. The monoisotopic (exact) mass is 208 g/mol. The Labute approximate surface area is 89.1 Å². The molecule has 0 aliphatic heterocycles. The molecular formula is C12H16O3. The third kappa shape index (κ3) is 1.38. The van der Waals surface area contributed by atoms with Gasteiger partial charge in [-0.15, -0.1) is 0 Å². The van der Waals surface area contributed by atoms with Crippen LogP contribution in [0.2, 0.25) is 0 Å². The zero-order valence-electron chi connectivity index (χ0n) is 8.97. The van der Waals surface area contributed by atoms with E-state index in [2.05, 4.69) is 0 Å². The summed E-state index contributed by atoms with van der Waals surface area (Å²) in [5.41, 5.74) is 0.0224. The van der Waals surface area contributed by atoms with Crippen LogP contribution in [-0.2, 0) is 4.79 Å². The van der Waals surface area contributed by atoms with Crippen molar-refractivity contribution in [2.45, 2.75) is 32.5 Å². The van der Waals surface area contributed by atoms with Crippen LogP contribution in [0.5, 0.6) is 0 Å². The molecule has 4 atom stereocenters. The molecule has 0 spiro atoms. The fourth-order valence-electron chi connectivity index (χ4n) is 2.58. The van der Waals surface area contributed by atoms with Crippen LogP contribution in [0, 0.1) is 11.3 Å². The number of rotatable bonds is 0. The van der Waals surface area contributed by atoms with Crippen LogP contribution < -0.4 is 0 Å². The SMILES string of the molecule is C[C@@H]1C[C@@H](O)C=C2C(=O)C=C[C@@H](O)[C@]21C. The van der Waals surface area contributed by atoms with E-state index in [-0.39, 0.29) is 11.7 Å². The topological polar surface area (TPSA) is 57.5 Å². The molecule has 0 radical (unpaired) electrons. The Bertz CT molecular complexity index is 356. The maximum absolute atomic E-state index is 11.7. The summed E-state index contributed by atoms with van der Waals surface area (Å²) in [6.45, 7) is 3.85. The molecule has 2 aliphatic rings. The summed E-state index contributed by atoms with van der Waals surface area (Å²) in [6, 6.07) is 0. The van der Waals surface area contributed by atoms with Crippen molar-refractivity contribution in [2.75, 3.05) is 0 Å². The predicted molar refractivity (Wildman–Crippen MR) is 56.1 cm³/mol. The van der Waals surface area contributed by atoms with E-state index in [0.29, 0.717) is 12.0 Å². The van der Waals surface area contributed by atoms with Crippen LogP contribution in [0.3, 0.4) is 0 Å². The van der Waals surface area contributed by atoms with Gasteiger partial charge in [0, 0.05) is 11.0 Å². The molecular weight excluding hydrogens is 192 g/mol. The standard InChI is InChI=1S/C12H16O3/c1-7-5-8(13)6-9-10(14)3-4-11(15)12(7,9)2/h3-4,6-8,11,13,15H,5H2,1-2H3/t7-,8-,11-,12+/m1/s1. The Kier molecular flexibility index (Phi) is 2.32. The molecule has 3 heteroatoms. The molecule has 0 aromatic rings. The van der Waals surface area contributed by atoms with E-state index in [4.69, 9.17) is 0 Å². The third-order valence-electron chi connectivity index (χ3n) is 3.87. The van der Waals surface area contributed by atoms with Gasteiger partial charge < -0.3 is 10.2 Å². The van der Waals surface area contributed by atoms with Gasteiger partial charge in [0.1, 0.15) is 0 Å². The molecule has 15 heavy (non-hydrogen) atoms. The summed E-state index contributed by atoms with van der Waals surface area (Å²) in [6.07, 6.45) is 3.93. The maximum Gasteiger partial charge on any atom is 0.182 e. The zero-order valence-corrected chi connectivity index (χ0v) is 8.97. The van der Waals surface area contributed by atoms with Crippen molar-refractivity contribution in [3.8, 4) is 0 Å². The summed E-state index contributed by atoms with van der Waals surface area (Å²) in [5, 5.41) is 19.6. The highest BCUT2D eigenvalue weighted by molar-refractivity contribution is 6.06. The first kappa shape index (κ1) is 10.6. The van der Waals surface area contributed by atoms with Crippen LogP contribution >= 0.6 is 0 Å². The van der Waals surface area contributed by atoms with Crippen molar-refractivity contribution >= 4 is 5.78 Å². The minimum absolute atomic E-state index is 0.0894. The van der Waals surface area contributed by atoms with Crippen LogP contribution in [-0.4, -0.2) is 28.2 Å². The quantitative estimate of drug-likeness (QED) is 0.619. The average molecular weight is 208 g/mol. The Hall–Kier alpha value is -0.930. The van der Waals surface area contributed by atoms with Gasteiger partial charge in [0.05, 0.1) is 12.2 Å². The van der Waals surface area contributed by atoms with E-state index in [1.54, 1.807) is 12.2 Å². The Morgan fingerprint density at radius 1 is 1.47 bits per heavy atom. The van der Waals surface area contributed by atoms with Crippen LogP contribution in [0.1, 0.15) is 20.3 Å². The summed E-state index contributed by atoms with van der Waals surface area (Å²) >= 11 is 0. The van der Waals surface area contributed by atoms with Gasteiger partial charge in [-0.05, 0) is 24.5 Å². The van der Waals surface area contributed by atoms with Crippen molar-refractivity contribution in [3.63, 3.8) is 0 Å². The summed E-state index contributed by atoms with van der Waals surface area (Å²) in [5.74, 6) is 0.00444. The van der Waals surface area contributed by atoms with Gasteiger partial charge in [0.15, 0.2) is 5.78 Å². The molecule has 0 aromatic carbocycles. The molecule has 2 aliphatic carbocycles. The second-order valence-corrected chi connectivity index (χ2v) is 4.74. The van der Waals surface area contributed by atoms with Gasteiger partial charge in [0.2, 0.25) is 0 Å². The van der Waals surface area contributed by atoms with Crippen molar-refractivity contribution in [1.29, 1.82) is 0 Å². The normalized spacial score (nSPS) is 44.9. The molecule has 0 fully saturated rings. The number of ketones is 1. The van der Waals surface area contributed by atoms with Crippen LogP contribution in [0.15, 0.2) is 23.8 Å². The van der Waals surface area contributed by atoms with Crippen LogP contribution in [0.25, 0.3) is 0 Å². The summed E-state index contributed by atoms with van der Waals surface area (Å²) in [4.78, 5) is 11.7. The lowest BCUT2D eigenvalue weighted by Crippen LogP contribution is -2.47. The Morgan fingerprint density at radius 2 is 2.13 bits per heavy atom. The van der Waals surface area contributed by atoms with E-state index < -0.39 is 17.6 Å². The Morgan fingerprint density at radius 3 is 2.80 bits per heavy atom. The first-order valence-electron chi connectivity index (χ1n) is 5.27. The lowest BCUT2D eigenvalue weighted by molar-refractivity contribution is -0.115. The number of aliphatic hydroxyl groups excluding tert-OH is 2. The van der Waals surface area contributed by atoms with Crippen molar-refractivity contribution < 1.29 is 15.0 Å². The van der Waals surface area contributed by atoms with Crippen molar-refractivity contribution in [1.82, 2.24) is 0 Å². The van der Waals surface area contributed by atoms with E-state index in [0.717, 1.165) is 0 Å². The molecule has 2 N–H and O–H groups in total. The molecule has 0 saturated carbocycles. The lowest BCUT2D eigenvalue weighted by atomic mass is 9.60. The molecule has 82 valence electrons. The molecule has 0 amide bonds. The highest BCUT2D eigenvalue weighted by atomic mass is 16.3. The smallest absolute Gasteiger partial charge is 0.182 e. The molecule has 0 saturated heterocycles. The van der Waals surface area contributed by atoms with Gasteiger partial charge in [-0.1, -0.05) is 19.9 Å². The first-order chi connectivity index (χ1) is 6.96. The summed E-state index contributed by atoms with van der Waals surface area (Å²) < 4.78 is 0. The van der Waals surface area contributed by atoms with Crippen LogP contribution in [0.4, 0.5) is 0 Å². The number of carbonyl (C=O) groups is 1. The van der Waals surface area contributed by atoms with E-state index >= 15 is 0 Å². The maximum atomic E-state index is 11.7. The number of hydrogen-bond donors (Lipinski definition) is 2. The van der Waals surface area contributed by atoms with E-state index in [9.17, 15) is 15.0 Å². The van der Waals surface area contributed by atoms with Crippen molar-refractivity contribution in [2.24, 2.45) is 11.3 Å². The van der Waals surface area contributed by atoms with Gasteiger partial charge >= 0.3 is 0 Å².